The fraction of sp³-hybridized carbons (Fsp3) is 0.143. The van der Waals surface area contributed by atoms with E-state index in [2.05, 4.69) is 10.6 Å². The third kappa shape index (κ3) is 5.63. The summed E-state index contributed by atoms with van der Waals surface area (Å²) in [5, 5.41) is 5.37. The highest BCUT2D eigenvalue weighted by Crippen LogP contribution is 2.26. The lowest BCUT2D eigenvalue weighted by molar-refractivity contribution is -0.121. The van der Waals surface area contributed by atoms with Crippen molar-refractivity contribution < 1.29 is 18.7 Å². The summed E-state index contributed by atoms with van der Waals surface area (Å²) in [7, 11) is 0. The Morgan fingerprint density at radius 1 is 1.00 bits per heavy atom. The molecule has 0 aliphatic carbocycles. The number of hydrogen-bond donors (Lipinski definition) is 3. The number of carbonyl (C=O) groups excluding carboxylic acids is 2. The maximum Gasteiger partial charge on any atom is 0.312 e. The normalized spacial score (nSPS) is 11.4. The van der Waals surface area contributed by atoms with Crippen molar-refractivity contribution >= 4 is 11.9 Å². The van der Waals surface area contributed by atoms with E-state index in [-0.39, 0.29) is 18.9 Å². The number of benzene rings is 2. The molecule has 4 N–H and O–H groups in total. The van der Waals surface area contributed by atoms with Gasteiger partial charge in [-0.25, -0.2) is 4.79 Å². The van der Waals surface area contributed by atoms with Crippen molar-refractivity contribution in [1.29, 1.82) is 0 Å². The van der Waals surface area contributed by atoms with Crippen LogP contribution in [0, 0.1) is 0 Å². The van der Waals surface area contributed by atoms with Gasteiger partial charge in [-0.2, -0.15) is 0 Å². The SMILES string of the molecule is NC(=O)N[C@H](CC(=O)NCc1ccco1)c1cccc(Oc2ccccc2)c1. The minimum Gasteiger partial charge on any atom is -0.467 e. The van der Waals surface area contributed by atoms with E-state index in [1.165, 1.54) is 6.26 Å². The fourth-order valence-electron chi connectivity index (χ4n) is 2.70. The van der Waals surface area contributed by atoms with Gasteiger partial charge in [-0.05, 0) is 42.0 Å². The van der Waals surface area contributed by atoms with Crippen LogP contribution in [-0.4, -0.2) is 11.9 Å². The molecule has 7 nitrogen and oxygen atoms in total. The molecule has 0 radical (unpaired) electrons. The summed E-state index contributed by atoms with van der Waals surface area (Å²) in [6.45, 7) is 0.270. The van der Waals surface area contributed by atoms with E-state index >= 15 is 0 Å². The zero-order chi connectivity index (χ0) is 19.8. The highest BCUT2D eigenvalue weighted by Gasteiger charge is 2.18. The summed E-state index contributed by atoms with van der Waals surface area (Å²) in [5.74, 6) is 1.68. The van der Waals surface area contributed by atoms with Gasteiger partial charge >= 0.3 is 6.03 Å². The second-order valence-corrected chi connectivity index (χ2v) is 6.11. The third-order valence-corrected chi connectivity index (χ3v) is 3.99. The van der Waals surface area contributed by atoms with Crippen LogP contribution in [0.25, 0.3) is 0 Å². The first-order valence-corrected chi connectivity index (χ1v) is 8.78. The number of rotatable bonds is 8. The summed E-state index contributed by atoms with van der Waals surface area (Å²) in [5.41, 5.74) is 6.00. The maximum atomic E-state index is 12.3. The summed E-state index contributed by atoms with van der Waals surface area (Å²) >= 11 is 0. The quantitative estimate of drug-likeness (QED) is 0.557. The number of carbonyl (C=O) groups is 2. The smallest absolute Gasteiger partial charge is 0.312 e. The van der Waals surface area contributed by atoms with Crippen LogP contribution < -0.4 is 21.1 Å². The molecule has 7 heteroatoms. The van der Waals surface area contributed by atoms with Crippen molar-refractivity contribution in [3.8, 4) is 11.5 Å². The Kier molecular flexibility index (Phi) is 6.30. The molecule has 3 amide bonds. The van der Waals surface area contributed by atoms with Crippen molar-refractivity contribution in [2.75, 3.05) is 0 Å². The molecule has 1 atom stereocenters. The highest BCUT2D eigenvalue weighted by molar-refractivity contribution is 5.78. The van der Waals surface area contributed by atoms with E-state index in [4.69, 9.17) is 14.9 Å². The number of ether oxygens (including phenoxy) is 1. The van der Waals surface area contributed by atoms with Gasteiger partial charge in [-0.3, -0.25) is 4.79 Å². The molecule has 3 aromatic rings. The van der Waals surface area contributed by atoms with Crippen molar-refractivity contribution in [3.63, 3.8) is 0 Å². The molecule has 3 rings (SSSR count). The number of primary amides is 1. The van der Waals surface area contributed by atoms with Crippen LogP contribution in [0.2, 0.25) is 0 Å². The molecule has 0 aliphatic rings. The molecular formula is C21H21N3O4. The van der Waals surface area contributed by atoms with Crippen molar-refractivity contribution in [2.24, 2.45) is 5.73 Å². The molecule has 0 saturated heterocycles. The van der Waals surface area contributed by atoms with Crippen molar-refractivity contribution in [2.45, 2.75) is 19.0 Å². The number of furan rings is 1. The topological polar surface area (TPSA) is 107 Å². The molecule has 2 aromatic carbocycles. The molecule has 0 saturated carbocycles. The average Bonchev–Trinajstić information content (AvgIpc) is 3.20. The van der Waals surface area contributed by atoms with E-state index < -0.39 is 12.1 Å². The Balaban J connectivity index is 1.69. The first-order valence-electron chi connectivity index (χ1n) is 8.78. The average molecular weight is 379 g/mol. The third-order valence-electron chi connectivity index (χ3n) is 3.99. The molecule has 0 spiro atoms. The zero-order valence-electron chi connectivity index (χ0n) is 15.1. The minimum atomic E-state index is -0.710. The van der Waals surface area contributed by atoms with Crippen LogP contribution in [0.3, 0.4) is 0 Å². The zero-order valence-corrected chi connectivity index (χ0v) is 15.1. The molecule has 1 heterocycles. The minimum absolute atomic E-state index is 0.0262. The second kappa shape index (κ2) is 9.27. The number of hydrogen-bond acceptors (Lipinski definition) is 4. The molecular weight excluding hydrogens is 358 g/mol. The summed E-state index contributed by atoms with van der Waals surface area (Å²) in [6, 6.07) is 18.7. The van der Waals surface area contributed by atoms with Gasteiger partial charge in [0, 0.05) is 0 Å². The summed E-state index contributed by atoms with van der Waals surface area (Å²) in [4.78, 5) is 23.7. The first-order chi connectivity index (χ1) is 13.6. The summed E-state index contributed by atoms with van der Waals surface area (Å²) < 4.78 is 11.0. The highest BCUT2D eigenvalue weighted by atomic mass is 16.5. The van der Waals surface area contributed by atoms with Crippen molar-refractivity contribution in [3.05, 3.63) is 84.3 Å². The monoisotopic (exact) mass is 379 g/mol. The Morgan fingerprint density at radius 3 is 2.50 bits per heavy atom. The van der Waals surface area contributed by atoms with Gasteiger partial charge in [0.05, 0.1) is 25.3 Å². The first kappa shape index (κ1) is 19.0. The molecule has 0 unspecified atom stereocenters. The standard InChI is InChI=1S/C21H21N3O4/c22-21(26)24-19(13-20(25)23-14-18-10-5-11-27-18)15-6-4-9-17(12-15)28-16-7-2-1-3-8-16/h1-12,19H,13-14H2,(H,23,25)(H3,22,24,26)/t19-/m1/s1. The Bertz CT molecular complexity index is 910. The lowest BCUT2D eigenvalue weighted by Crippen LogP contribution is -2.36. The second-order valence-electron chi connectivity index (χ2n) is 6.11. The van der Waals surface area contributed by atoms with Crippen molar-refractivity contribution in [1.82, 2.24) is 10.6 Å². The molecule has 0 bridgehead atoms. The van der Waals surface area contributed by atoms with Gasteiger partial charge in [0.15, 0.2) is 0 Å². The van der Waals surface area contributed by atoms with E-state index in [9.17, 15) is 9.59 Å². The van der Waals surface area contributed by atoms with E-state index in [1.54, 1.807) is 36.4 Å². The largest absolute Gasteiger partial charge is 0.467 e. The van der Waals surface area contributed by atoms with Gasteiger partial charge < -0.3 is 25.5 Å². The van der Waals surface area contributed by atoms with Crippen LogP contribution in [0.1, 0.15) is 23.8 Å². The molecule has 0 fully saturated rings. The Morgan fingerprint density at radius 2 is 1.79 bits per heavy atom. The van der Waals surface area contributed by atoms with Gasteiger partial charge in [-0.15, -0.1) is 0 Å². The number of nitrogens with two attached hydrogens (primary N) is 1. The molecule has 144 valence electrons. The van der Waals surface area contributed by atoms with Crippen LogP contribution in [0.15, 0.2) is 77.4 Å². The van der Waals surface area contributed by atoms with Crippen LogP contribution in [0.4, 0.5) is 4.79 Å². The van der Waals surface area contributed by atoms with Gasteiger partial charge in [-0.1, -0.05) is 30.3 Å². The Labute approximate surface area is 162 Å². The van der Waals surface area contributed by atoms with Gasteiger partial charge in [0.2, 0.25) is 5.91 Å². The van der Waals surface area contributed by atoms with Crippen LogP contribution in [0.5, 0.6) is 11.5 Å². The lowest BCUT2D eigenvalue weighted by atomic mass is 10.0. The Hall–Kier alpha value is -3.74. The van der Waals surface area contributed by atoms with E-state index in [0.29, 0.717) is 22.8 Å². The number of para-hydroxylation sites is 1. The number of nitrogens with one attached hydrogen (secondary N) is 2. The lowest BCUT2D eigenvalue weighted by Gasteiger charge is -2.18. The van der Waals surface area contributed by atoms with Gasteiger partial charge in [0.1, 0.15) is 17.3 Å². The predicted octanol–water partition coefficient (Wildman–Crippen LogP) is 3.49. The summed E-state index contributed by atoms with van der Waals surface area (Å²) in [6.07, 6.45) is 1.57. The number of amides is 3. The van der Waals surface area contributed by atoms with Crippen LogP contribution in [-0.2, 0) is 11.3 Å². The molecule has 28 heavy (non-hydrogen) atoms. The predicted molar refractivity (Wildman–Crippen MR) is 104 cm³/mol. The number of urea groups is 1. The molecule has 1 aromatic heterocycles. The van der Waals surface area contributed by atoms with Crippen LogP contribution >= 0.6 is 0 Å². The van der Waals surface area contributed by atoms with E-state index in [0.717, 1.165) is 0 Å². The fourth-order valence-corrected chi connectivity index (χ4v) is 2.70. The maximum absolute atomic E-state index is 12.3. The molecule has 0 aliphatic heterocycles. The van der Waals surface area contributed by atoms with E-state index in [1.807, 2.05) is 30.3 Å². The van der Waals surface area contributed by atoms with Gasteiger partial charge in [0.25, 0.3) is 0 Å².